The number of aromatic hydroxyl groups is 1. The molecule has 2 heterocycles. The molecule has 2 aliphatic rings. The third-order valence-corrected chi connectivity index (χ3v) is 6.70. The topological polar surface area (TPSA) is 112 Å². The Bertz CT molecular complexity index is 1260. The Kier molecular flexibility index (Phi) is 7.02. The molecule has 0 saturated heterocycles. The van der Waals surface area contributed by atoms with Gasteiger partial charge in [-0.25, -0.2) is 8.78 Å². The molecule has 2 aromatic rings. The van der Waals surface area contributed by atoms with Gasteiger partial charge in [-0.15, -0.1) is 0 Å². The molecule has 1 saturated carbocycles. The molecule has 0 spiro atoms. The van der Waals surface area contributed by atoms with E-state index in [1.54, 1.807) is 13.0 Å². The molecule has 1 aromatic carbocycles. The van der Waals surface area contributed by atoms with Gasteiger partial charge < -0.3 is 25.0 Å². The highest BCUT2D eigenvalue weighted by atomic mass is 19.1. The third kappa shape index (κ3) is 4.84. The fourth-order valence-corrected chi connectivity index (χ4v) is 4.70. The lowest BCUT2D eigenvalue weighted by Gasteiger charge is -2.37. The number of benzene rings is 1. The Morgan fingerprint density at radius 2 is 1.97 bits per heavy atom. The molecule has 10 heteroatoms. The van der Waals surface area contributed by atoms with Crippen LogP contribution in [0.2, 0.25) is 0 Å². The van der Waals surface area contributed by atoms with E-state index in [2.05, 4.69) is 5.32 Å². The molecule has 35 heavy (non-hydrogen) atoms. The molecular formula is C25H27F2N3O5. The van der Waals surface area contributed by atoms with Crippen LogP contribution in [-0.4, -0.2) is 44.1 Å². The molecule has 8 nitrogen and oxygen atoms in total. The minimum Gasteiger partial charge on any atom is -0.503 e. The first-order chi connectivity index (χ1) is 16.7. The van der Waals surface area contributed by atoms with Gasteiger partial charge in [-0.2, -0.15) is 0 Å². The highest BCUT2D eigenvalue weighted by Gasteiger charge is 2.36. The van der Waals surface area contributed by atoms with Crippen molar-refractivity contribution in [3.05, 3.63) is 74.8 Å². The average Bonchev–Trinajstić information content (AvgIpc) is 2.83. The zero-order chi connectivity index (χ0) is 25.3. The van der Waals surface area contributed by atoms with E-state index in [0.29, 0.717) is 18.2 Å². The van der Waals surface area contributed by atoms with Crippen LogP contribution in [0.25, 0.3) is 0 Å². The number of amides is 2. The van der Waals surface area contributed by atoms with Crippen molar-refractivity contribution in [3.8, 4) is 5.75 Å². The first kappa shape index (κ1) is 24.6. The molecule has 1 aliphatic carbocycles. The number of hydrogen-bond acceptors (Lipinski definition) is 5. The molecule has 0 unspecified atom stereocenters. The number of allylic oxidation sites excluding steroid dienone is 2. The number of nitrogens with one attached hydrogen (secondary N) is 1. The number of carbonyl (C=O) groups excluding carboxylic acids is 2. The Morgan fingerprint density at radius 1 is 1.23 bits per heavy atom. The smallest absolute Gasteiger partial charge is 0.278 e. The molecule has 2 atom stereocenters. The lowest BCUT2D eigenvalue weighted by Crippen LogP contribution is -2.45. The fraction of sp³-hybridized carbons (Fsp3) is 0.400. The van der Waals surface area contributed by atoms with Gasteiger partial charge in [-0.3, -0.25) is 14.4 Å². The average molecular weight is 488 g/mol. The summed E-state index contributed by atoms with van der Waals surface area (Å²) in [6.45, 7) is 1.84. The molecule has 186 valence electrons. The Morgan fingerprint density at radius 3 is 2.66 bits per heavy atom. The number of pyridine rings is 1. The first-order valence-electron chi connectivity index (χ1n) is 11.5. The van der Waals surface area contributed by atoms with Gasteiger partial charge in [0, 0.05) is 42.5 Å². The maximum Gasteiger partial charge on any atom is 0.278 e. The largest absolute Gasteiger partial charge is 0.503 e. The highest BCUT2D eigenvalue weighted by Crippen LogP contribution is 2.30. The van der Waals surface area contributed by atoms with E-state index in [9.17, 15) is 33.4 Å². The van der Waals surface area contributed by atoms with Gasteiger partial charge in [-0.05, 0) is 25.8 Å². The van der Waals surface area contributed by atoms with Crippen LogP contribution >= 0.6 is 0 Å². The monoisotopic (exact) mass is 487 g/mol. The van der Waals surface area contributed by atoms with Crippen LogP contribution in [0.15, 0.2) is 41.0 Å². The summed E-state index contributed by atoms with van der Waals surface area (Å²) in [6, 6.07) is 2.91. The van der Waals surface area contributed by atoms with Crippen LogP contribution in [0.3, 0.4) is 0 Å². The van der Waals surface area contributed by atoms with Gasteiger partial charge in [0.2, 0.25) is 5.43 Å². The van der Waals surface area contributed by atoms with Crippen molar-refractivity contribution in [2.75, 3.05) is 6.54 Å². The van der Waals surface area contributed by atoms with E-state index < -0.39 is 46.3 Å². The summed E-state index contributed by atoms with van der Waals surface area (Å²) in [5, 5.41) is 23.3. The second-order valence-electron chi connectivity index (χ2n) is 8.92. The maximum atomic E-state index is 13.9. The Labute approximate surface area is 200 Å². The highest BCUT2D eigenvalue weighted by molar-refractivity contribution is 5.99. The van der Waals surface area contributed by atoms with E-state index in [1.165, 1.54) is 21.7 Å². The fourth-order valence-electron chi connectivity index (χ4n) is 4.70. The van der Waals surface area contributed by atoms with E-state index in [-0.39, 0.29) is 36.8 Å². The number of nitrogens with zero attached hydrogens (tertiary/aromatic N) is 2. The molecule has 0 radical (unpaired) electrons. The molecule has 4 rings (SSSR count). The van der Waals surface area contributed by atoms with Crippen molar-refractivity contribution in [1.82, 2.24) is 14.8 Å². The van der Waals surface area contributed by atoms with Crippen LogP contribution in [-0.2, 0) is 13.1 Å². The number of fused-ring (bicyclic) bond motifs is 1. The Hall–Kier alpha value is -3.53. The molecule has 1 fully saturated rings. The van der Waals surface area contributed by atoms with Crippen molar-refractivity contribution >= 4 is 11.8 Å². The first-order valence-corrected chi connectivity index (χ1v) is 11.5. The number of halogens is 2. The van der Waals surface area contributed by atoms with Crippen LogP contribution < -0.4 is 10.7 Å². The number of hydrogen-bond donors (Lipinski definition) is 3. The second kappa shape index (κ2) is 9.99. The number of rotatable bonds is 5. The minimum absolute atomic E-state index is 0.0222. The molecule has 1 aliphatic heterocycles. The van der Waals surface area contributed by atoms with E-state index in [4.69, 9.17) is 0 Å². The number of carbonyl (C=O) groups is 2. The summed E-state index contributed by atoms with van der Waals surface area (Å²) in [4.78, 5) is 40.2. The van der Waals surface area contributed by atoms with Crippen molar-refractivity contribution in [2.24, 2.45) is 5.92 Å². The predicted octanol–water partition coefficient (Wildman–Crippen LogP) is 2.67. The van der Waals surface area contributed by atoms with Crippen molar-refractivity contribution < 1.29 is 28.6 Å². The number of aliphatic hydroxyl groups excluding tert-OH is 1. The molecule has 1 aromatic heterocycles. The normalized spacial score (nSPS) is 21.2. The van der Waals surface area contributed by atoms with E-state index in [1.807, 2.05) is 0 Å². The van der Waals surface area contributed by atoms with Crippen LogP contribution in [0, 0.1) is 17.6 Å². The standard InChI is InChI=1S/C25H27F2N3O5/c1-2-17-12-29-13-18(24(34)28-10-14-7-8-16(26)9-19(14)27)22(32)23(33)21(29)25(35)30(17)11-15-5-3-4-6-20(15)31/h2,7-9,13,15,20,31,33H,3-6,10-12H2,1H3,(H,28,34)/b17-2+/t15-,20-/m0/s1. The van der Waals surface area contributed by atoms with Crippen LogP contribution in [0.1, 0.15) is 59.0 Å². The molecule has 0 bridgehead atoms. The van der Waals surface area contributed by atoms with Gasteiger partial charge in [0.1, 0.15) is 17.2 Å². The van der Waals surface area contributed by atoms with Crippen molar-refractivity contribution in [3.63, 3.8) is 0 Å². The summed E-state index contributed by atoms with van der Waals surface area (Å²) < 4.78 is 28.3. The lowest BCUT2D eigenvalue weighted by atomic mass is 9.86. The van der Waals surface area contributed by atoms with Crippen LogP contribution in [0.5, 0.6) is 5.75 Å². The van der Waals surface area contributed by atoms with Gasteiger partial charge in [-0.1, -0.05) is 25.0 Å². The predicted molar refractivity (Wildman–Crippen MR) is 123 cm³/mol. The zero-order valence-corrected chi connectivity index (χ0v) is 19.3. The molecule has 3 N–H and O–H groups in total. The Balaban J connectivity index is 1.60. The molecular weight excluding hydrogens is 460 g/mol. The summed E-state index contributed by atoms with van der Waals surface area (Å²) in [5.74, 6) is -4.02. The zero-order valence-electron chi connectivity index (χ0n) is 19.3. The van der Waals surface area contributed by atoms with E-state index >= 15 is 0 Å². The quantitative estimate of drug-likeness (QED) is 0.601. The van der Waals surface area contributed by atoms with Crippen LogP contribution in [0.4, 0.5) is 8.78 Å². The number of aliphatic hydroxyl groups is 1. The van der Waals surface area contributed by atoms with Gasteiger partial charge in [0.05, 0.1) is 12.6 Å². The van der Waals surface area contributed by atoms with Crippen molar-refractivity contribution in [2.45, 2.75) is 51.8 Å². The van der Waals surface area contributed by atoms with Gasteiger partial charge in [0.15, 0.2) is 11.4 Å². The van der Waals surface area contributed by atoms with Gasteiger partial charge >= 0.3 is 0 Å². The summed E-state index contributed by atoms with van der Waals surface area (Å²) >= 11 is 0. The van der Waals surface area contributed by atoms with E-state index in [0.717, 1.165) is 25.3 Å². The lowest BCUT2D eigenvalue weighted by molar-refractivity contribution is 0.0431. The minimum atomic E-state index is -1.02. The second-order valence-corrected chi connectivity index (χ2v) is 8.92. The third-order valence-electron chi connectivity index (χ3n) is 6.70. The number of aromatic nitrogens is 1. The SMILES string of the molecule is C/C=C1\Cn2cc(C(=O)NCc3ccc(F)cc3F)c(=O)c(O)c2C(=O)N1C[C@@H]1CCCC[C@@H]1O. The summed E-state index contributed by atoms with van der Waals surface area (Å²) in [5.41, 5.74) is -1.03. The molecule has 2 amide bonds. The summed E-state index contributed by atoms with van der Waals surface area (Å²) in [7, 11) is 0. The van der Waals surface area contributed by atoms with Gasteiger partial charge in [0.25, 0.3) is 11.8 Å². The maximum absolute atomic E-state index is 13.9. The van der Waals surface area contributed by atoms with Crippen molar-refractivity contribution in [1.29, 1.82) is 0 Å². The summed E-state index contributed by atoms with van der Waals surface area (Å²) in [6.07, 6.45) is 5.73.